The first-order valence-electron chi connectivity index (χ1n) is 8.61. The van der Waals surface area contributed by atoms with Crippen LogP contribution in [0.25, 0.3) is 16.7 Å². The Balaban J connectivity index is 1.93. The van der Waals surface area contributed by atoms with Crippen molar-refractivity contribution in [1.82, 2.24) is 14.5 Å². The van der Waals surface area contributed by atoms with Crippen molar-refractivity contribution in [3.05, 3.63) is 41.9 Å². The van der Waals surface area contributed by atoms with Crippen LogP contribution < -0.4 is 0 Å². The monoisotopic (exact) mass is 395 g/mol. The first kappa shape index (κ1) is 18.0. The van der Waals surface area contributed by atoms with Gasteiger partial charge >= 0.3 is 6.18 Å². The van der Waals surface area contributed by atoms with E-state index in [9.17, 15) is 21.6 Å². The molecule has 0 aliphatic heterocycles. The third-order valence-electron chi connectivity index (χ3n) is 4.88. The van der Waals surface area contributed by atoms with Crippen molar-refractivity contribution >= 4 is 31.9 Å². The van der Waals surface area contributed by atoms with E-state index in [1.54, 1.807) is 18.2 Å². The molecule has 0 amide bonds. The molecule has 9 heteroatoms. The van der Waals surface area contributed by atoms with Crippen molar-refractivity contribution in [2.45, 2.75) is 38.4 Å². The molecular weight excluding hydrogens is 379 g/mol. The van der Waals surface area contributed by atoms with Crippen molar-refractivity contribution in [2.75, 3.05) is 0 Å². The molecule has 2 aromatic rings. The number of aromatic nitrogens is 3. The molecule has 142 valence electrons. The van der Waals surface area contributed by atoms with Gasteiger partial charge in [0.25, 0.3) is 0 Å². The molecule has 2 aromatic heterocycles. The molecular formula is C18H16F3N3O2S. The lowest BCUT2D eigenvalue weighted by Crippen LogP contribution is -2.19. The van der Waals surface area contributed by atoms with Crippen LogP contribution in [0, 0.1) is 5.92 Å². The van der Waals surface area contributed by atoms with E-state index in [2.05, 4.69) is 9.97 Å². The predicted octanol–water partition coefficient (Wildman–Crippen LogP) is 3.82. The Kier molecular flexibility index (Phi) is 4.21. The van der Waals surface area contributed by atoms with Crippen LogP contribution in [0.3, 0.4) is 0 Å². The third kappa shape index (κ3) is 3.09. The quantitative estimate of drug-likeness (QED) is 0.742. The Morgan fingerprint density at radius 1 is 1.30 bits per heavy atom. The summed E-state index contributed by atoms with van der Waals surface area (Å²) in [6.45, 7) is 1.87. The van der Waals surface area contributed by atoms with E-state index in [1.807, 2.05) is 11.5 Å². The van der Waals surface area contributed by atoms with E-state index in [0.29, 0.717) is 23.5 Å². The smallest absolute Gasteiger partial charge is 0.306 e. The van der Waals surface area contributed by atoms with Gasteiger partial charge in [-0.3, -0.25) is 0 Å². The van der Waals surface area contributed by atoms with E-state index >= 15 is 0 Å². The van der Waals surface area contributed by atoms with E-state index in [0.717, 1.165) is 25.1 Å². The number of hydrogen-bond acceptors (Lipinski definition) is 4. The Morgan fingerprint density at radius 3 is 2.63 bits per heavy atom. The SMILES string of the molecule is CCC1C(c2nc3cc(C(F)(F)F)cnc3n2C2CC2)=CC=CC1=S(=O)=O. The van der Waals surface area contributed by atoms with Gasteiger partial charge in [0, 0.05) is 23.7 Å². The summed E-state index contributed by atoms with van der Waals surface area (Å²) in [5, 5.41) is 0. The van der Waals surface area contributed by atoms with Gasteiger partial charge in [-0.05, 0) is 31.4 Å². The third-order valence-corrected chi connectivity index (χ3v) is 5.69. The average Bonchev–Trinajstić information content (AvgIpc) is 3.39. The van der Waals surface area contributed by atoms with E-state index < -0.39 is 22.0 Å². The van der Waals surface area contributed by atoms with Crippen LogP contribution >= 0.6 is 0 Å². The molecule has 4 rings (SSSR count). The standard InChI is InChI=1S/C18H16F3N3O2S/c1-2-12-13(4-3-5-15(12)27(25)26)16-23-14-8-10(18(19,20)21)9-22-17(14)24(16)11-6-7-11/h3-5,8-9,11-12H,2,6-7H2,1H3. The van der Waals surface area contributed by atoms with Gasteiger partial charge < -0.3 is 4.57 Å². The molecule has 2 aliphatic carbocycles. The fourth-order valence-corrected chi connectivity index (χ4v) is 4.19. The highest BCUT2D eigenvalue weighted by molar-refractivity contribution is 7.73. The number of rotatable bonds is 3. The zero-order valence-corrected chi connectivity index (χ0v) is 15.2. The van der Waals surface area contributed by atoms with Crippen LogP contribution in [0.5, 0.6) is 0 Å². The summed E-state index contributed by atoms with van der Waals surface area (Å²) in [4.78, 5) is 8.74. The first-order valence-corrected chi connectivity index (χ1v) is 9.68. The number of halogens is 3. The zero-order chi connectivity index (χ0) is 19.3. The van der Waals surface area contributed by atoms with Crippen molar-refractivity contribution in [3.63, 3.8) is 0 Å². The summed E-state index contributed by atoms with van der Waals surface area (Å²) >= 11 is 0. The zero-order valence-electron chi connectivity index (χ0n) is 14.4. The number of fused-ring (bicyclic) bond motifs is 1. The molecule has 0 bridgehead atoms. The van der Waals surface area contributed by atoms with E-state index in [-0.39, 0.29) is 22.3 Å². The number of pyridine rings is 1. The molecule has 0 N–H and O–H groups in total. The normalized spacial score (nSPS) is 20.2. The summed E-state index contributed by atoms with van der Waals surface area (Å²) in [6.07, 6.45) is 3.62. The summed E-state index contributed by atoms with van der Waals surface area (Å²) in [5.41, 5.74) is 0.412. The van der Waals surface area contributed by atoms with Gasteiger partial charge in [-0.15, -0.1) is 0 Å². The van der Waals surface area contributed by atoms with Gasteiger partial charge in [-0.1, -0.05) is 19.1 Å². The lowest BCUT2D eigenvalue weighted by atomic mass is 9.88. The molecule has 27 heavy (non-hydrogen) atoms. The highest BCUT2D eigenvalue weighted by Crippen LogP contribution is 2.42. The van der Waals surface area contributed by atoms with Crippen molar-refractivity contribution in [3.8, 4) is 0 Å². The molecule has 0 saturated heterocycles. The number of alkyl halides is 3. The minimum absolute atomic E-state index is 0.125. The molecule has 5 nitrogen and oxygen atoms in total. The number of allylic oxidation sites excluding steroid dienone is 4. The molecule has 2 heterocycles. The summed E-state index contributed by atoms with van der Waals surface area (Å²) in [7, 11) is -2.37. The van der Waals surface area contributed by atoms with E-state index in [1.165, 1.54) is 0 Å². The van der Waals surface area contributed by atoms with Crippen LogP contribution in [0.2, 0.25) is 0 Å². The Morgan fingerprint density at radius 2 is 2.04 bits per heavy atom. The maximum absolute atomic E-state index is 13.0. The van der Waals surface area contributed by atoms with Crippen LogP contribution in [0.4, 0.5) is 13.2 Å². The summed E-state index contributed by atoms with van der Waals surface area (Å²) in [5.74, 6) is 0.114. The molecule has 1 atom stereocenters. The molecule has 0 radical (unpaired) electrons. The van der Waals surface area contributed by atoms with Gasteiger partial charge in [0.1, 0.15) is 11.3 Å². The summed E-state index contributed by atoms with van der Waals surface area (Å²) in [6, 6.07) is 1.13. The average molecular weight is 395 g/mol. The van der Waals surface area contributed by atoms with Gasteiger partial charge in [-0.2, -0.15) is 21.6 Å². The topological polar surface area (TPSA) is 64.8 Å². The fourth-order valence-electron chi connectivity index (χ4n) is 3.47. The summed E-state index contributed by atoms with van der Waals surface area (Å²) < 4.78 is 64.1. The second-order valence-electron chi connectivity index (χ2n) is 6.68. The maximum Gasteiger partial charge on any atom is 0.417 e. The van der Waals surface area contributed by atoms with Crippen molar-refractivity contribution in [2.24, 2.45) is 5.92 Å². The first-order chi connectivity index (χ1) is 12.8. The maximum atomic E-state index is 13.0. The predicted molar refractivity (Wildman–Crippen MR) is 95.6 cm³/mol. The van der Waals surface area contributed by atoms with Crippen molar-refractivity contribution < 1.29 is 21.6 Å². The Hall–Kier alpha value is -2.42. The van der Waals surface area contributed by atoms with Gasteiger partial charge in [0.05, 0.1) is 10.4 Å². The van der Waals surface area contributed by atoms with Crippen molar-refractivity contribution in [1.29, 1.82) is 0 Å². The Bertz CT molecular complexity index is 1110. The number of nitrogens with zero attached hydrogens (tertiary/aromatic N) is 3. The van der Waals surface area contributed by atoms with Gasteiger partial charge in [0.2, 0.25) is 10.3 Å². The largest absolute Gasteiger partial charge is 0.417 e. The number of imidazole rings is 1. The van der Waals surface area contributed by atoms with Gasteiger partial charge in [0.15, 0.2) is 5.65 Å². The molecule has 1 fully saturated rings. The van der Waals surface area contributed by atoms with Crippen LogP contribution in [-0.4, -0.2) is 27.8 Å². The Labute approximate surface area is 154 Å². The highest BCUT2D eigenvalue weighted by Gasteiger charge is 2.35. The second kappa shape index (κ2) is 6.33. The molecule has 2 aliphatic rings. The molecule has 0 aromatic carbocycles. The molecule has 0 spiro atoms. The minimum atomic E-state index is -4.50. The van der Waals surface area contributed by atoms with Crippen LogP contribution in [-0.2, 0) is 16.5 Å². The second-order valence-corrected chi connectivity index (χ2v) is 7.62. The molecule has 1 unspecified atom stereocenters. The lowest BCUT2D eigenvalue weighted by molar-refractivity contribution is -0.137. The van der Waals surface area contributed by atoms with Crippen LogP contribution in [0.15, 0.2) is 30.5 Å². The molecule has 1 saturated carbocycles. The highest BCUT2D eigenvalue weighted by atomic mass is 32.2. The van der Waals surface area contributed by atoms with Gasteiger partial charge in [-0.25, -0.2) is 9.97 Å². The fraction of sp³-hybridized carbons (Fsp3) is 0.389. The van der Waals surface area contributed by atoms with E-state index in [4.69, 9.17) is 0 Å². The number of hydrogen-bond donors (Lipinski definition) is 0. The minimum Gasteiger partial charge on any atom is -0.306 e. The lowest BCUT2D eigenvalue weighted by Gasteiger charge is -2.21. The van der Waals surface area contributed by atoms with Crippen LogP contribution in [0.1, 0.15) is 43.6 Å².